The van der Waals surface area contributed by atoms with E-state index in [9.17, 15) is 4.79 Å². The van der Waals surface area contributed by atoms with Gasteiger partial charge in [-0.15, -0.1) is 0 Å². The number of unbranched alkanes of at least 4 members (excludes halogenated alkanes) is 5. The van der Waals surface area contributed by atoms with Gasteiger partial charge >= 0.3 is 6.16 Å². The predicted octanol–water partition coefficient (Wildman–Crippen LogP) is 4.95. The van der Waals surface area contributed by atoms with Gasteiger partial charge in [0.25, 0.3) is 0 Å². The van der Waals surface area contributed by atoms with Crippen LogP contribution in [0.15, 0.2) is 18.2 Å². The molecule has 0 unspecified atom stereocenters. The predicted molar refractivity (Wildman–Crippen MR) is 76.9 cm³/mol. The molecule has 1 aromatic rings. The summed E-state index contributed by atoms with van der Waals surface area (Å²) < 4.78 is 4.76. The Balaban J connectivity index is 2.43. The van der Waals surface area contributed by atoms with E-state index in [1.165, 1.54) is 37.7 Å². The summed E-state index contributed by atoms with van der Waals surface area (Å²) in [7, 11) is 0. The zero-order valence-corrected chi connectivity index (χ0v) is 11.9. The molecule has 3 nitrogen and oxygen atoms in total. The van der Waals surface area contributed by atoms with Crippen LogP contribution in [0.5, 0.6) is 5.75 Å². The van der Waals surface area contributed by atoms with Crippen LogP contribution in [0.4, 0.5) is 4.79 Å². The van der Waals surface area contributed by atoms with E-state index in [1.807, 2.05) is 13.0 Å². The van der Waals surface area contributed by atoms with Gasteiger partial charge in [-0.3, -0.25) is 0 Å². The van der Waals surface area contributed by atoms with Crippen molar-refractivity contribution in [1.82, 2.24) is 0 Å². The van der Waals surface area contributed by atoms with Crippen molar-refractivity contribution in [2.45, 2.75) is 58.8 Å². The number of aryl methyl sites for hydroxylation is 1. The van der Waals surface area contributed by atoms with Gasteiger partial charge in [-0.25, -0.2) is 4.79 Å². The summed E-state index contributed by atoms with van der Waals surface area (Å²) in [6.45, 7) is 4.14. The fourth-order valence-electron chi connectivity index (χ4n) is 2.23. The maximum Gasteiger partial charge on any atom is 0.511 e. The van der Waals surface area contributed by atoms with Crippen LogP contribution in [0.1, 0.15) is 56.6 Å². The van der Waals surface area contributed by atoms with Gasteiger partial charge in [-0.05, 0) is 37.0 Å². The van der Waals surface area contributed by atoms with Crippen LogP contribution in [-0.2, 0) is 6.42 Å². The van der Waals surface area contributed by atoms with E-state index in [4.69, 9.17) is 9.84 Å². The molecule has 0 saturated heterocycles. The fourth-order valence-corrected chi connectivity index (χ4v) is 2.23. The number of benzene rings is 1. The van der Waals surface area contributed by atoms with Crippen molar-refractivity contribution in [3.8, 4) is 5.75 Å². The second-order valence-corrected chi connectivity index (χ2v) is 4.93. The normalized spacial score (nSPS) is 10.4. The van der Waals surface area contributed by atoms with E-state index < -0.39 is 6.16 Å². The summed E-state index contributed by atoms with van der Waals surface area (Å²) in [5.74, 6) is 0.455. The van der Waals surface area contributed by atoms with Crippen molar-refractivity contribution in [2.24, 2.45) is 0 Å². The van der Waals surface area contributed by atoms with Gasteiger partial charge < -0.3 is 9.84 Å². The van der Waals surface area contributed by atoms with Crippen LogP contribution in [-0.4, -0.2) is 11.3 Å². The van der Waals surface area contributed by atoms with Crippen LogP contribution in [0.25, 0.3) is 0 Å². The molecule has 1 rings (SSSR count). The summed E-state index contributed by atoms with van der Waals surface area (Å²) in [6.07, 6.45) is 7.34. The Labute approximate surface area is 115 Å². The van der Waals surface area contributed by atoms with Gasteiger partial charge in [0, 0.05) is 0 Å². The largest absolute Gasteiger partial charge is 0.511 e. The molecule has 3 heteroatoms. The number of carboxylic acid groups (broad SMARTS) is 1. The lowest BCUT2D eigenvalue weighted by molar-refractivity contribution is 0.144. The minimum absolute atomic E-state index is 0.455. The van der Waals surface area contributed by atoms with E-state index in [0.717, 1.165) is 18.4 Å². The molecule has 1 aromatic carbocycles. The second kappa shape index (κ2) is 8.57. The molecule has 106 valence electrons. The number of hydrogen-bond donors (Lipinski definition) is 1. The highest BCUT2D eigenvalue weighted by molar-refractivity contribution is 5.62. The van der Waals surface area contributed by atoms with Crippen molar-refractivity contribution in [1.29, 1.82) is 0 Å². The van der Waals surface area contributed by atoms with E-state index in [1.54, 1.807) is 6.07 Å². The van der Waals surface area contributed by atoms with Gasteiger partial charge in [0.05, 0.1) is 0 Å². The molecule has 0 atom stereocenters. The van der Waals surface area contributed by atoms with E-state index in [2.05, 4.69) is 13.0 Å². The summed E-state index contributed by atoms with van der Waals surface area (Å²) >= 11 is 0. The van der Waals surface area contributed by atoms with Gasteiger partial charge in [-0.2, -0.15) is 0 Å². The Bertz CT molecular complexity index is 399. The van der Waals surface area contributed by atoms with Gasteiger partial charge in [0.15, 0.2) is 0 Å². The smallest absolute Gasteiger partial charge is 0.449 e. The molecule has 0 amide bonds. The van der Waals surface area contributed by atoms with E-state index >= 15 is 0 Å². The Hall–Kier alpha value is -1.51. The van der Waals surface area contributed by atoms with Crippen molar-refractivity contribution < 1.29 is 14.6 Å². The summed E-state index contributed by atoms with van der Waals surface area (Å²) in [5.41, 5.74) is 2.13. The molecule has 0 bridgehead atoms. The second-order valence-electron chi connectivity index (χ2n) is 4.93. The van der Waals surface area contributed by atoms with Crippen LogP contribution >= 0.6 is 0 Å². The first-order valence-corrected chi connectivity index (χ1v) is 7.14. The Kier molecular flexibility index (Phi) is 7.01. The molecule has 0 radical (unpaired) electrons. The van der Waals surface area contributed by atoms with Gasteiger partial charge in [0.1, 0.15) is 5.75 Å². The lowest BCUT2D eigenvalue weighted by Crippen LogP contribution is -2.05. The van der Waals surface area contributed by atoms with Crippen LogP contribution in [0, 0.1) is 6.92 Å². The van der Waals surface area contributed by atoms with Crippen molar-refractivity contribution in [2.75, 3.05) is 0 Å². The average molecular weight is 264 g/mol. The summed E-state index contributed by atoms with van der Waals surface area (Å²) in [6, 6.07) is 5.61. The number of hydrogen-bond acceptors (Lipinski definition) is 2. The van der Waals surface area contributed by atoms with Gasteiger partial charge in [-0.1, -0.05) is 51.2 Å². The lowest BCUT2D eigenvalue weighted by atomic mass is 10.0. The van der Waals surface area contributed by atoms with E-state index in [-0.39, 0.29) is 0 Å². The highest BCUT2D eigenvalue weighted by Gasteiger charge is 2.08. The molecule has 0 heterocycles. The highest BCUT2D eigenvalue weighted by Crippen LogP contribution is 2.23. The third-order valence-electron chi connectivity index (χ3n) is 3.39. The maximum atomic E-state index is 10.6. The molecule has 0 fully saturated rings. The highest BCUT2D eigenvalue weighted by atomic mass is 16.7. The van der Waals surface area contributed by atoms with Gasteiger partial charge in [0.2, 0.25) is 0 Å². The van der Waals surface area contributed by atoms with Crippen molar-refractivity contribution >= 4 is 6.16 Å². The SMILES string of the molecule is CCCCCCCCc1cccc(OC(=O)O)c1C. The molecule has 0 aliphatic carbocycles. The molecule has 1 N–H and O–H groups in total. The van der Waals surface area contributed by atoms with Crippen LogP contribution in [0.2, 0.25) is 0 Å². The minimum atomic E-state index is -1.25. The Morgan fingerprint density at radius 1 is 1.16 bits per heavy atom. The Morgan fingerprint density at radius 3 is 2.53 bits per heavy atom. The quantitative estimate of drug-likeness (QED) is 0.410. The molecule has 0 aliphatic rings. The molecular weight excluding hydrogens is 240 g/mol. The first-order valence-electron chi connectivity index (χ1n) is 7.14. The maximum absolute atomic E-state index is 10.6. The molecule has 0 aliphatic heterocycles. The first-order chi connectivity index (χ1) is 9.15. The standard InChI is InChI=1S/C16H24O3/c1-3-4-5-6-7-8-10-14-11-9-12-15(13(14)2)19-16(17)18/h9,11-12H,3-8,10H2,1-2H3,(H,17,18). The number of ether oxygens (including phenoxy) is 1. The number of rotatable bonds is 8. The van der Waals surface area contributed by atoms with Crippen LogP contribution in [0.3, 0.4) is 0 Å². The van der Waals surface area contributed by atoms with Crippen molar-refractivity contribution in [3.63, 3.8) is 0 Å². The summed E-state index contributed by atoms with van der Waals surface area (Å²) in [4.78, 5) is 10.6. The first kappa shape index (κ1) is 15.5. The zero-order valence-electron chi connectivity index (χ0n) is 11.9. The third-order valence-corrected chi connectivity index (χ3v) is 3.39. The van der Waals surface area contributed by atoms with Crippen molar-refractivity contribution in [3.05, 3.63) is 29.3 Å². The molecule has 19 heavy (non-hydrogen) atoms. The zero-order chi connectivity index (χ0) is 14.1. The monoisotopic (exact) mass is 264 g/mol. The number of carbonyl (C=O) groups is 1. The fraction of sp³-hybridized carbons (Fsp3) is 0.562. The van der Waals surface area contributed by atoms with E-state index in [0.29, 0.717) is 5.75 Å². The minimum Gasteiger partial charge on any atom is -0.449 e. The average Bonchev–Trinajstić information content (AvgIpc) is 2.37. The van der Waals surface area contributed by atoms with Crippen LogP contribution < -0.4 is 4.74 Å². The lowest BCUT2D eigenvalue weighted by Gasteiger charge is -2.09. The summed E-state index contributed by atoms with van der Waals surface area (Å²) in [5, 5.41) is 8.66. The Morgan fingerprint density at radius 2 is 1.84 bits per heavy atom. The topological polar surface area (TPSA) is 46.5 Å². The third kappa shape index (κ3) is 5.77. The molecule has 0 saturated carbocycles. The molecule has 0 aromatic heterocycles. The molecule has 0 spiro atoms. The molecular formula is C16H24O3.